The summed E-state index contributed by atoms with van der Waals surface area (Å²) in [5.41, 5.74) is 2.67. The molecule has 2 amide bonds. The van der Waals surface area contributed by atoms with Gasteiger partial charge in [0.25, 0.3) is 0 Å². The molecule has 0 spiro atoms. The number of rotatable bonds is 5. The highest BCUT2D eigenvalue weighted by atomic mass is 32.2. The van der Waals surface area contributed by atoms with E-state index in [0.29, 0.717) is 6.42 Å². The number of piperazine rings is 1. The van der Waals surface area contributed by atoms with Crippen molar-refractivity contribution in [1.29, 1.82) is 0 Å². The highest BCUT2D eigenvalue weighted by molar-refractivity contribution is 8.01. The van der Waals surface area contributed by atoms with Gasteiger partial charge in [0, 0.05) is 6.42 Å². The van der Waals surface area contributed by atoms with Crippen molar-refractivity contribution in [2.24, 2.45) is 0 Å². The molecule has 2 aliphatic rings. The van der Waals surface area contributed by atoms with Gasteiger partial charge < -0.3 is 14.7 Å². The van der Waals surface area contributed by atoms with E-state index in [1.807, 2.05) is 18.7 Å². The third-order valence-corrected chi connectivity index (χ3v) is 7.54. The van der Waals surface area contributed by atoms with Gasteiger partial charge in [0.05, 0.1) is 44.5 Å². The predicted molar refractivity (Wildman–Crippen MR) is 119 cm³/mol. The van der Waals surface area contributed by atoms with Gasteiger partial charge in [-0.1, -0.05) is 52.0 Å². The summed E-state index contributed by atoms with van der Waals surface area (Å²) < 4.78 is 0. The fraction of sp³-hybridized carbons (Fsp3) is 0.652. The molecule has 1 aromatic carbocycles. The minimum atomic E-state index is 0.0105. The zero-order valence-electron chi connectivity index (χ0n) is 18.5. The number of carbonyl (C=O) groups is 2. The molecule has 0 aliphatic carbocycles. The Kier molecular flexibility index (Phi) is 6.94. The van der Waals surface area contributed by atoms with Crippen LogP contribution in [0.2, 0.25) is 0 Å². The first-order chi connectivity index (χ1) is 13.7. The fourth-order valence-corrected chi connectivity index (χ4v) is 5.44. The molecule has 0 aromatic heterocycles. The molecule has 0 saturated carbocycles. The molecule has 5 nitrogen and oxygen atoms in total. The van der Waals surface area contributed by atoms with E-state index < -0.39 is 0 Å². The van der Waals surface area contributed by atoms with Crippen LogP contribution in [0.3, 0.4) is 0 Å². The smallest absolute Gasteiger partial charge is 0.236 e. The summed E-state index contributed by atoms with van der Waals surface area (Å²) in [5, 5.41) is 0.116. The zero-order chi connectivity index (χ0) is 21.2. The van der Waals surface area contributed by atoms with Gasteiger partial charge in [-0.3, -0.25) is 9.59 Å². The van der Waals surface area contributed by atoms with Crippen molar-refractivity contribution in [3.05, 3.63) is 35.4 Å². The van der Waals surface area contributed by atoms with Crippen molar-refractivity contribution in [3.63, 3.8) is 0 Å². The van der Waals surface area contributed by atoms with Crippen molar-refractivity contribution in [2.45, 2.75) is 57.1 Å². The minimum Gasteiger partial charge on any atom is -0.331 e. The molecule has 29 heavy (non-hydrogen) atoms. The summed E-state index contributed by atoms with van der Waals surface area (Å²) in [6.45, 7) is 15.9. The van der Waals surface area contributed by atoms with Gasteiger partial charge in [-0.2, -0.15) is 0 Å². The SMILES string of the molecule is CCC(=O)N1CC[NH+](CCN2C(=O)[C@H](C)S[C@H]2c2ccc(C(C)(C)C)cc2)CC1. The fourth-order valence-electron chi connectivity index (χ4n) is 4.13. The Morgan fingerprint density at radius 3 is 2.34 bits per heavy atom. The molecule has 6 heteroatoms. The monoisotopic (exact) mass is 418 g/mol. The van der Waals surface area contributed by atoms with E-state index in [4.69, 9.17) is 0 Å². The summed E-state index contributed by atoms with van der Waals surface area (Å²) in [7, 11) is 0. The van der Waals surface area contributed by atoms with Crippen LogP contribution in [-0.2, 0) is 15.0 Å². The number of thioether (sulfide) groups is 1. The highest BCUT2D eigenvalue weighted by Crippen LogP contribution is 2.42. The average molecular weight is 419 g/mol. The standard InChI is InChI=1S/C23H35N3O2S/c1-6-20(27)25-14-11-24(12-15-25)13-16-26-21(28)17(2)29-22(26)18-7-9-19(10-8-18)23(3,4)5/h7-10,17,22H,6,11-16H2,1-5H3/p+1/t17-,22-/m0/s1. The molecule has 2 atom stereocenters. The molecule has 160 valence electrons. The van der Waals surface area contributed by atoms with Crippen molar-refractivity contribution >= 4 is 23.6 Å². The number of quaternary nitrogens is 1. The molecule has 3 rings (SSSR count). The second kappa shape index (κ2) is 9.09. The summed E-state index contributed by atoms with van der Waals surface area (Å²) in [6.07, 6.45) is 0.586. The van der Waals surface area contributed by atoms with Crippen LogP contribution in [0.5, 0.6) is 0 Å². The van der Waals surface area contributed by atoms with Gasteiger partial charge in [-0.25, -0.2) is 0 Å². The first kappa shape index (κ1) is 22.2. The topological polar surface area (TPSA) is 45.1 Å². The van der Waals surface area contributed by atoms with E-state index in [-0.39, 0.29) is 27.9 Å². The predicted octanol–water partition coefficient (Wildman–Crippen LogP) is 2.08. The molecular weight excluding hydrogens is 382 g/mol. The van der Waals surface area contributed by atoms with Crippen molar-refractivity contribution in [3.8, 4) is 0 Å². The lowest BCUT2D eigenvalue weighted by molar-refractivity contribution is -0.903. The van der Waals surface area contributed by atoms with Crippen molar-refractivity contribution < 1.29 is 14.5 Å². The number of amides is 2. The Hall–Kier alpha value is -1.53. The zero-order valence-corrected chi connectivity index (χ0v) is 19.3. The third-order valence-electron chi connectivity index (χ3n) is 6.14. The number of hydrogen-bond donors (Lipinski definition) is 1. The summed E-state index contributed by atoms with van der Waals surface area (Å²) in [5.74, 6) is 0.502. The first-order valence-corrected chi connectivity index (χ1v) is 11.8. The van der Waals surface area contributed by atoms with Crippen LogP contribution in [-0.4, -0.2) is 66.1 Å². The van der Waals surface area contributed by atoms with Gasteiger partial charge in [0.2, 0.25) is 11.8 Å². The quantitative estimate of drug-likeness (QED) is 0.796. The van der Waals surface area contributed by atoms with Crippen molar-refractivity contribution in [1.82, 2.24) is 9.80 Å². The van der Waals surface area contributed by atoms with Crippen LogP contribution in [0.15, 0.2) is 24.3 Å². The second-order valence-electron chi connectivity index (χ2n) is 9.27. The number of benzene rings is 1. The number of nitrogens with zero attached hydrogens (tertiary/aromatic N) is 2. The molecule has 0 bridgehead atoms. The molecule has 2 fully saturated rings. The van der Waals surface area contributed by atoms with Crippen LogP contribution in [0.4, 0.5) is 0 Å². The Morgan fingerprint density at radius 1 is 1.17 bits per heavy atom. The summed E-state index contributed by atoms with van der Waals surface area (Å²) in [6, 6.07) is 8.80. The third kappa shape index (κ3) is 5.15. The van der Waals surface area contributed by atoms with Crippen LogP contribution < -0.4 is 4.90 Å². The van der Waals surface area contributed by atoms with Crippen LogP contribution in [0.25, 0.3) is 0 Å². The Morgan fingerprint density at radius 2 is 1.79 bits per heavy atom. The van der Waals surface area contributed by atoms with Crippen LogP contribution in [0.1, 0.15) is 57.5 Å². The van der Waals surface area contributed by atoms with Crippen LogP contribution >= 0.6 is 11.8 Å². The van der Waals surface area contributed by atoms with Crippen molar-refractivity contribution in [2.75, 3.05) is 39.3 Å². The molecule has 0 radical (unpaired) electrons. The number of hydrogen-bond acceptors (Lipinski definition) is 3. The van der Waals surface area contributed by atoms with Gasteiger partial charge in [-0.15, -0.1) is 11.8 Å². The molecule has 2 aliphatic heterocycles. The lowest BCUT2D eigenvalue weighted by atomic mass is 9.86. The summed E-state index contributed by atoms with van der Waals surface area (Å²) >= 11 is 1.76. The molecule has 0 unspecified atom stereocenters. The van der Waals surface area contributed by atoms with E-state index in [2.05, 4.69) is 49.9 Å². The largest absolute Gasteiger partial charge is 0.331 e. The molecule has 1 N–H and O–H groups in total. The Balaban J connectivity index is 1.61. The normalized spacial score (nSPS) is 23.7. The summed E-state index contributed by atoms with van der Waals surface area (Å²) in [4.78, 5) is 30.2. The van der Waals surface area contributed by atoms with Gasteiger partial charge in [0.1, 0.15) is 5.37 Å². The maximum atomic E-state index is 12.8. The second-order valence-corrected chi connectivity index (χ2v) is 10.7. The lowest BCUT2D eigenvalue weighted by Gasteiger charge is -2.33. The van der Waals surface area contributed by atoms with E-state index in [0.717, 1.165) is 39.3 Å². The molecular formula is C23H36N3O2S+. The lowest BCUT2D eigenvalue weighted by Crippen LogP contribution is -3.15. The highest BCUT2D eigenvalue weighted by Gasteiger charge is 2.39. The Bertz CT molecular complexity index is 721. The number of nitrogens with one attached hydrogen (secondary N) is 1. The van der Waals surface area contributed by atoms with E-state index in [1.165, 1.54) is 16.0 Å². The molecule has 2 saturated heterocycles. The average Bonchev–Trinajstić information content (AvgIpc) is 2.99. The van der Waals surface area contributed by atoms with Gasteiger partial charge >= 0.3 is 0 Å². The van der Waals surface area contributed by atoms with Gasteiger partial charge in [-0.05, 0) is 23.5 Å². The number of carbonyl (C=O) groups excluding carboxylic acids is 2. The minimum absolute atomic E-state index is 0.0105. The van der Waals surface area contributed by atoms with Crippen LogP contribution in [0, 0.1) is 0 Å². The Labute approximate surface area is 179 Å². The molecule has 2 heterocycles. The van der Waals surface area contributed by atoms with E-state index in [9.17, 15) is 9.59 Å². The molecule has 1 aromatic rings. The van der Waals surface area contributed by atoms with Gasteiger partial charge in [0.15, 0.2) is 0 Å². The first-order valence-electron chi connectivity index (χ1n) is 10.9. The maximum Gasteiger partial charge on any atom is 0.236 e. The van der Waals surface area contributed by atoms with E-state index in [1.54, 1.807) is 11.8 Å². The maximum absolute atomic E-state index is 12.8. The van der Waals surface area contributed by atoms with E-state index >= 15 is 0 Å².